The maximum Gasteiger partial charge on any atom is 0.272 e. The van der Waals surface area contributed by atoms with Gasteiger partial charge in [-0.2, -0.15) is 0 Å². The highest BCUT2D eigenvalue weighted by Crippen LogP contribution is 2.29. The molecule has 214 valence electrons. The van der Waals surface area contributed by atoms with Crippen molar-refractivity contribution in [2.45, 2.75) is 32.2 Å². The molecule has 0 fully saturated rings. The van der Waals surface area contributed by atoms with Gasteiger partial charge in [-0.25, -0.2) is 5.26 Å². The van der Waals surface area contributed by atoms with Crippen molar-refractivity contribution in [3.8, 4) is 17.5 Å². The highest BCUT2D eigenvalue weighted by atomic mass is 79.9. The summed E-state index contributed by atoms with van der Waals surface area (Å²) in [7, 11) is 5.41. The van der Waals surface area contributed by atoms with Gasteiger partial charge < -0.3 is 14.4 Å². The van der Waals surface area contributed by atoms with Crippen LogP contribution in [0.1, 0.15) is 48.6 Å². The van der Waals surface area contributed by atoms with Crippen LogP contribution >= 0.6 is 15.9 Å². The molecule has 5 rings (SSSR count). The predicted octanol–water partition coefficient (Wildman–Crippen LogP) is 6.04. The zero-order valence-corrected chi connectivity index (χ0v) is 25.4. The van der Waals surface area contributed by atoms with Crippen molar-refractivity contribution in [2.24, 2.45) is 0 Å². The summed E-state index contributed by atoms with van der Waals surface area (Å²) in [5.74, 6) is 3.41. The first kappa shape index (κ1) is 30.6. The van der Waals surface area contributed by atoms with E-state index in [1.807, 2.05) is 18.2 Å². The van der Waals surface area contributed by atoms with E-state index in [2.05, 4.69) is 39.9 Å². The Morgan fingerprint density at radius 1 is 1.05 bits per heavy atom. The summed E-state index contributed by atoms with van der Waals surface area (Å²) in [6.07, 6.45) is 5.71. The van der Waals surface area contributed by atoms with E-state index in [0.717, 1.165) is 54.5 Å². The molecule has 0 atom stereocenters. The molecule has 0 aromatic heterocycles. The molecular weight excluding hydrogens is 597 g/mol. The minimum Gasteiger partial charge on any atom is -0.497 e. The summed E-state index contributed by atoms with van der Waals surface area (Å²) >= 11 is 3.30. The van der Waals surface area contributed by atoms with Gasteiger partial charge in [0.25, 0.3) is 18.5 Å². The number of nitrogens with zero attached hydrogens (tertiary/aromatic N) is 3. The smallest absolute Gasteiger partial charge is 0.272 e. The van der Waals surface area contributed by atoms with Gasteiger partial charge in [0, 0.05) is 46.9 Å². The number of carbonyl (C=O) groups excluding carboxylic acids is 3. The molecule has 0 aliphatic carbocycles. The van der Waals surface area contributed by atoms with Crippen LogP contribution in [0.5, 0.6) is 11.5 Å². The maximum atomic E-state index is 12.3. The van der Waals surface area contributed by atoms with Crippen LogP contribution in [0.15, 0.2) is 76.9 Å². The third-order valence-corrected chi connectivity index (χ3v) is 8.06. The summed E-state index contributed by atoms with van der Waals surface area (Å²) in [6, 6.07) is 17.8. The molecule has 0 bridgehead atoms. The van der Waals surface area contributed by atoms with Gasteiger partial charge in [0.15, 0.2) is 6.29 Å². The van der Waals surface area contributed by atoms with Crippen molar-refractivity contribution in [1.82, 2.24) is 9.80 Å². The number of halogens is 1. The zero-order chi connectivity index (χ0) is 30.2. The van der Waals surface area contributed by atoms with Crippen molar-refractivity contribution in [1.29, 1.82) is 5.26 Å². The zero-order valence-electron chi connectivity index (χ0n) is 23.8. The summed E-state index contributed by atoms with van der Waals surface area (Å²) in [6.45, 7) is 1.15. The molecule has 10 heteroatoms. The highest BCUT2D eigenvalue weighted by molar-refractivity contribution is 9.10. The van der Waals surface area contributed by atoms with Crippen LogP contribution in [0, 0.1) is 11.2 Å². The molecule has 3 aromatic rings. The van der Waals surface area contributed by atoms with E-state index < -0.39 is 0 Å². The second-order valence-electron chi connectivity index (χ2n) is 10.0. The number of benzene rings is 3. The van der Waals surface area contributed by atoms with Gasteiger partial charge in [-0.05, 0) is 48.6 Å². The lowest BCUT2D eigenvalue weighted by molar-refractivity contribution is 0.0642. The highest BCUT2D eigenvalue weighted by Gasteiger charge is 2.35. The third-order valence-electron chi connectivity index (χ3n) is 7.37. The number of aldehydes is 1. The van der Waals surface area contributed by atoms with Gasteiger partial charge in [-0.15, -0.1) is 0 Å². The van der Waals surface area contributed by atoms with Crippen LogP contribution < -0.4 is 9.47 Å². The van der Waals surface area contributed by atoms with Crippen molar-refractivity contribution < 1.29 is 23.9 Å². The fourth-order valence-electron chi connectivity index (χ4n) is 4.95. The minimum absolute atomic E-state index is 0.178. The number of ether oxygens (including phenoxy) is 2. The van der Waals surface area contributed by atoms with E-state index in [0.29, 0.717) is 21.2 Å². The first-order valence-corrected chi connectivity index (χ1v) is 14.3. The maximum absolute atomic E-state index is 12.3. The second kappa shape index (κ2) is 14.0. The number of nitriles is 1. The SMILES string of the molecule is COc1ccc(CN(C)C2=CCB(C#N)CC2)c(OC)c1.O=Cc1ccc(CN2C(=O)c3ccccc3C2=O)cc1Br. The molecular formula is C32H31BBrN3O5. The van der Waals surface area contributed by atoms with Crippen LogP contribution in [-0.4, -0.2) is 55.9 Å². The van der Waals surface area contributed by atoms with Gasteiger partial charge in [0.05, 0.1) is 31.9 Å². The minimum atomic E-state index is -0.286. The van der Waals surface area contributed by atoms with Crippen LogP contribution in [-0.2, 0) is 13.1 Å². The van der Waals surface area contributed by atoms with E-state index >= 15 is 0 Å². The van der Waals surface area contributed by atoms with E-state index in [1.165, 1.54) is 10.6 Å². The first-order valence-electron chi connectivity index (χ1n) is 13.5. The first-order chi connectivity index (χ1) is 20.3. The fourth-order valence-corrected chi connectivity index (χ4v) is 5.47. The molecule has 0 saturated carbocycles. The monoisotopic (exact) mass is 627 g/mol. The van der Waals surface area contributed by atoms with E-state index in [4.69, 9.17) is 14.7 Å². The summed E-state index contributed by atoms with van der Waals surface area (Å²) in [4.78, 5) is 38.8. The number of fused-ring (bicyclic) bond motifs is 1. The molecule has 2 aliphatic rings. The lowest BCUT2D eigenvalue weighted by Crippen LogP contribution is -2.29. The number of allylic oxidation sites excluding steroid dienone is 2. The second-order valence-corrected chi connectivity index (χ2v) is 10.9. The largest absolute Gasteiger partial charge is 0.497 e. The van der Waals surface area contributed by atoms with Gasteiger partial charge in [-0.1, -0.05) is 52.6 Å². The van der Waals surface area contributed by atoms with Crippen LogP contribution in [0.25, 0.3) is 0 Å². The number of imide groups is 1. The topological polar surface area (TPSA) is 99.9 Å². The Morgan fingerprint density at radius 3 is 2.31 bits per heavy atom. The molecule has 0 unspecified atom stereocenters. The summed E-state index contributed by atoms with van der Waals surface area (Å²) in [5.41, 5.74) is 4.61. The standard InChI is InChI=1S/C16H21BN2O2.C16H10BrNO3/c1-19(14-6-8-17(12-18)9-7-14)11-13-4-5-15(20-2)10-16(13)21-3;17-14-7-10(5-6-11(14)9-19)8-18-15(20)12-3-1-2-4-13(12)16(18)21/h4-6,10H,7-9,11H2,1-3H3;1-7,9H,8H2. The number of rotatable bonds is 8. The molecule has 2 amide bonds. The molecule has 0 N–H and O–H groups in total. The molecule has 3 aromatic carbocycles. The molecule has 2 heterocycles. The Hall–Kier alpha value is -4.36. The summed E-state index contributed by atoms with van der Waals surface area (Å²) in [5, 5.41) is 8.95. The van der Waals surface area contributed by atoms with Crippen LogP contribution in [0.4, 0.5) is 0 Å². The van der Waals surface area contributed by atoms with Crippen molar-refractivity contribution in [3.05, 3.63) is 105 Å². The Balaban J connectivity index is 0.000000193. The average Bonchev–Trinajstić information content (AvgIpc) is 3.26. The molecule has 8 nitrogen and oxygen atoms in total. The summed E-state index contributed by atoms with van der Waals surface area (Å²) < 4.78 is 11.3. The normalized spacial score (nSPS) is 13.8. The number of carbonyl (C=O) groups is 3. The predicted molar refractivity (Wildman–Crippen MR) is 165 cm³/mol. The van der Waals surface area contributed by atoms with Crippen molar-refractivity contribution >= 4 is 40.7 Å². The molecule has 0 spiro atoms. The Bertz CT molecular complexity index is 1530. The Kier molecular flexibility index (Phi) is 10.2. The van der Waals surface area contributed by atoms with Gasteiger partial charge in [0.2, 0.25) is 0 Å². The van der Waals surface area contributed by atoms with Gasteiger partial charge in [0.1, 0.15) is 11.5 Å². The molecule has 2 aliphatic heterocycles. The van der Waals surface area contributed by atoms with Crippen molar-refractivity contribution in [3.63, 3.8) is 0 Å². The lowest BCUT2D eigenvalue weighted by Gasteiger charge is -2.26. The number of hydrogen-bond acceptors (Lipinski definition) is 7. The average molecular weight is 628 g/mol. The number of hydrogen-bond donors (Lipinski definition) is 0. The quantitative estimate of drug-likeness (QED) is 0.171. The van der Waals surface area contributed by atoms with Crippen LogP contribution in [0.3, 0.4) is 0 Å². The number of amides is 2. The molecule has 42 heavy (non-hydrogen) atoms. The number of methoxy groups -OCH3 is 2. The Labute approximate surface area is 254 Å². The third kappa shape index (κ3) is 6.92. The van der Waals surface area contributed by atoms with Gasteiger partial charge in [-0.3, -0.25) is 19.3 Å². The van der Waals surface area contributed by atoms with Gasteiger partial charge >= 0.3 is 0 Å². The Morgan fingerprint density at radius 2 is 1.76 bits per heavy atom. The van der Waals surface area contributed by atoms with E-state index in [9.17, 15) is 14.4 Å². The van der Waals surface area contributed by atoms with Crippen molar-refractivity contribution in [2.75, 3.05) is 21.3 Å². The molecule has 0 saturated heterocycles. The lowest BCUT2D eigenvalue weighted by atomic mass is 9.44. The van der Waals surface area contributed by atoms with E-state index in [-0.39, 0.29) is 25.1 Å². The van der Waals surface area contributed by atoms with E-state index in [1.54, 1.807) is 56.7 Å². The fraction of sp³-hybridized carbons (Fsp3) is 0.250. The molecule has 0 radical (unpaired) electrons. The van der Waals surface area contributed by atoms with Crippen LogP contribution in [0.2, 0.25) is 12.6 Å².